The van der Waals surface area contributed by atoms with Gasteiger partial charge in [0.2, 0.25) is 0 Å². The molecule has 3 rings (SSSR count). The van der Waals surface area contributed by atoms with Crippen LogP contribution in [0.2, 0.25) is 0 Å². The van der Waals surface area contributed by atoms with Crippen LogP contribution >= 0.6 is 11.3 Å². The molecule has 0 saturated carbocycles. The average molecular weight is 273 g/mol. The van der Waals surface area contributed by atoms with Crippen molar-refractivity contribution in [2.45, 2.75) is 6.42 Å². The third-order valence-electron chi connectivity index (χ3n) is 2.92. The van der Waals surface area contributed by atoms with Crippen LogP contribution in [-0.4, -0.2) is 28.0 Å². The Kier molecular flexibility index (Phi) is 3.33. The van der Waals surface area contributed by atoms with E-state index in [0.29, 0.717) is 0 Å². The van der Waals surface area contributed by atoms with Gasteiger partial charge in [-0.3, -0.25) is 0 Å². The topological polar surface area (TPSA) is 54.2 Å². The minimum Gasteiger partial charge on any atom is -0.372 e. The molecule has 0 fully saturated rings. The van der Waals surface area contributed by atoms with Crippen molar-refractivity contribution in [2.24, 2.45) is 0 Å². The van der Waals surface area contributed by atoms with Crippen molar-refractivity contribution in [1.82, 2.24) is 14.4 Å². The van der Waals surface area contributed by atoms with Gasteiger partial charge in [0.15, 0.2) is 11.5 Å². The van der Waals surface area contributed by atoms with Crippen molar-refractivity contribution in [3.63, 3.8) is 0 Å². The number of fused-ring (bicyclic) bond motifs is 1. The lowest BCUT2D eigenvalue weighted by atomic mass is 10.2. The number of hydrogen-bond acceptors (Lipinski definition) is 5. The van der Waals surface area contributed by atoms with E-state index in [2.05, 4.69) is 37.4 Å². The minimum absolute atomic E-state index is 0.812. The molecule has 0 aliphatic carbocycles. The van der Waals surface area contributed by atoms with Gasteiger partial charge in [-0.25, -0.2) is 9.97 Å². The molecule has 3 heterocycles. The average Bonchev–Trinajstić information content (AvgIpc) is 3.08. The molecule has 3 aromatic heterocycles. The zero-order valence-corrected chi connectivity index (χ0v) is 11.4. The van der Waals surface area contributed by atoms with E-state index in [1.54, 1.807) is 17.5 Å². The van der Waals surface area contributed by atoms with Crippen LogP contribution < -0.4 is 10.6 Å². The number of nitrogens with zero attached hydrogens (tertiary/aromatic N) is 3. The molecule has 3 aromatic rings. The third kappa shape index (κ3) is 2.53. The molecule has 0 saturated heterocycles. The molecule has 19 heavy (non-hydrogen) atoms. The first-order valence-electron chi connectivity index (χ1n) is 6.13. The highest BCUT2D eigenvalue weighted by Crippen LogP contribution is 2.16. The molecule has 98 valence electrons. The molecule has 0 atom stereocenters. The predicted octanol–water partition coefficient (Wildman–Crippen LogP) is 2.49. The number of rotatable bonds is 5. The highest BCUT2D eigenvalue weighted by molar-refractivity contribution is 7.07. The summed E-state index contributed by atoms with van der Waals surface area (Å²) in [5.74, 6) is 1.63. The van der Waals surface area contributed by atoms with Gasteiger partial charge in [-0.05, 0) is 28.8 Å². The van der Waals surface area contributed by atoms with Crippen LogP contribution in [0.4, 0.5) is 11.6 Å². The number of hydrogen-bond donors (Lipinski definition) is 2. The second kappa shape index (κ2) is 5.27. The summed E-state index contributed by atoms with van der Waals surface area (Å²) in [5.41, 5.74) is 2.20. The zero-order valence-electron chi connectivity index (χ0n) is 10.6. The summed E-state index contributed by atoms with van der Waals surface area (Å²) >= 11 is 1.73. The normalized spacial score (nSPS) is 10.8. The SMILES string of the molecule is CNc1cn2ccnc2c(NCCc2ccsc2)n1. The van der Waals surface area contributed by atoms with Crippen LogP contribution in [0.15, 0.2) is 35.4 Å². The number of anilines is 2. The maximum Gasteiger partial charge on any atom is 0.180 e. The van der Waals surface area contributed by atoms with Crippen molar-refractivity contribution in [2.75, 3.05) is 24.2 Å². The van der Waals surface area contributed by atoms with Crippen molar-refractivity contribution in [3.8, 4) is 0 Å². The largest absolute Gasteiger partial charge is 0.372 e. The lowest BCUT2D eigenvalue weighted by Gasteiger charge is -2.08. The van der Waals surface area contributed by atoms with Crippen LogP contribution in [-0.2, 0) is 6.42 Å². The van der Waals surface area contributed by atoms with Crippen molar-refractivity contribution in [1.29, 1.82) is 0 Å². The van der Waals surface area contributed by atoms with Gasteiger partial charge < -0.3 is 15.0 Å². The molecule has 6 heteroatoms. The summed E-state index contributed by atoms with van der Waals surface area (Å²) in [5, 5.41) is 10.7. The highest BCUT2D eigenvalue weighted by atomic mass is 32.1. The lowest BCUT2D eigenvalue weighted by molar-refractivity contribution is 1.00. The first-order chi connectivity index (χ1) is 9.36. The fourth-order valence-electron chi connectivity index (χ4n) is 1.93. The van der Waals surface area contributed by atoms with Crippen LogP contribution in [0.3, 0.4) is 0 Å². The Bertz CT molecular complexity index is 659. The molecule has 0 unspecified atom stereocenters. The zero-order chi connectivity index (χ0) is 13.1. The van der Waals surface area contributed by atoms with Crippen LogP contribution in [0.5, 0.6) is 0 Å². The summed E-state index contributed by atoms with van der Waals surface area (Å²) in [6, 6.07) is 2.15. The van der Waals surface area contributed by atoms with Crippen molar-refractivity contribution >= 4 is 28.6 Å². The number of imidazole rings is 1. The predicted molar refractivity (Wildman–Crippen MR) is 79.0 cm³/mol. The molecule has 0 amide bonds. The van der Waals surface area contributed by atoms with Gasteiger partial charge in [0.05, 0.1) is 6.20 Å². The molecule has 2 N–H and O–H groups in total. The maximum absolute atomic E-state index is 4.51. The summed E-state index contributed by atoms with van der Waals surface area (Å²) in [4.78, 5) is 8.83. The molecule has 0 aliphatic heterocycles. The Morgan fingerprint density at radius 1 is 1.42 bits per heavy atom. The van der Waals surface area contributed by atoms with Gasteiger partial charge in [0, 0.05) is 26.0 Å². The monoisotopic (exact) mass is 273 g/mol. The molecular weight excluding hydrogens is 258 g/mol. The molecule has 0 spiro atoms. The highest BCUT2D eigenvalue weighted by Gasteiger charge is 2.06. The maximum atomic E-state index is 4.51. The Balaban J connectivity index is 1.77. The second-order valence-electron chi connectivity index (χ2n) is 4.19. The first-order valence-corrected chi connectivity index (χ1v) is 7.07. The summed E-state index contributed by atoms with van der Waals surface area (Å²) in [6.07, 6.45) is 6.61. The van der Waals surface area contributed by atoms with Crippen LogP contribution in [0.1, 0.15) is 5.56 Å². The van der Waals surface area contributed by atoms with Crippen LogP contribution in [0, 0.1) is 0 Å². The van der Waals surface area contributed by atoms with E-state index in [-0.39, 0.29) is 0 Å². The molecule has 0 aliphatic rings. The quantitative estimate of drug-likeness (QED) is 0.750. The van der Waals surface area contributed by atoms with E-state index in [9.17, 15) is 0 Å². The lowest BCUT2D eigenvalue weighted by Crippen LogP contribution is -2.09. The van der Waals surface area contributed by atoms with Gasteiger partial charge in [-0.2, -0.15) is 11.3 Å². The number of nitrogens with one attached hydrogen (secondary N) is 2. The van der Waals surface area contributed by atoms with E-state index in [4.69, 9.17) is 0 Å². The summed E-state index contributed by atoms with van der Waals surface area (Å²) < 4.78 is 1.96. The van der Waals surface area contributed by atoms with E-state index >= 15 is 0 Å². The van der Waals surface area contributed by atoms with Crippen molar-refractivity contribution in [3.05, 3.63) is 41.0 Å². The van der Waals surface area contributed by atoms with E-state index in [1.165, 1.54) is 5.56 Å². The Hall–Kier alpha value is -2.08. The minimum atomic E-state index is 0.812. The van der Waals surface area contributed by atoms with Crippen LogP contribution in [0.25, 0.3) is 5.65 Å². The van der Waals surface area contributed by atoms with E-state index in [1.807, 2.05) is 23.8 Å². The second-order valence-corrected chi connectivity index (χ2v) is 4.97. The smallest absolute Gasteiger partial charge is 0.180 e. The Morgan fingerprint density at radius 2 is 2.37 bits per heavy atom. The molecular formula is C13H15N5S. The van der Waals surface area contributed by atoms with Gasteiger partial charge >= 0.3 is 0 Å². The van der Waals surface area contributed by atoms with Gasteiger partial charge in [0.25, 0.3) is 0 Å². The van der Waals surface area contributed by atoms with Gasteiger partial charge in [-0.1, -0.05) is 0 Å². The summed E-state index contributed by atoms with van der Waals surface area (Å²) in [6.45, 7) is 0.847. The standard InChI is InChI=1S/C13H15N5S/c1-14-11-8-18-6-5-16-13(18)12(17-11)15-4-2-10-3-7-19-9-10/h3,5-9,14H,2,4H2,1H3,(H,15,17). The third-order valence-corrected chi connectivity index (χ3v) is 3.65. The molecule has 0 aromatic carbocycles. The number of aromatic nitrogens is 3. The molecule has 0 radical (unpaired) electrons. The summed E-state index contributed by atoms with van der Waals surface area (Å²) in [7, 11) is 1.86. The Morgan fingerprint density at radius 3 is 3.16 bits per heavy atom. The molecule has 0 bridgehead atoms. The van der Waals surface area contributed by atoms with Gasteiger partial charge in [-0.15, -0.1) is 0 Å². The fourth-order valence-corrected chi connectivity index (χ4v) is 2.63. The van der Waals surface area contributed by atoms with E-state index in [0.717, 1.165) is 30.2 Å². The first kappa shape index (κ1) is 12.0. The van der Waals surface area contributed by atoms with Crippen molar-refractivity contribution < 1.29 is 0 Å². The fraction of sp³-hybridized carbons (Fsp3) is 0.231. The van der Waals surface area contributed by atoms with E-state index < -0.39 is 0 Å². The number of thiophene rings is 1. The Labute approximate surface area is 115 Å². The molecule has 5 nitrogen and oxygen atoms in total. The van der Waals surface area contributed by atoms with Gasteiger partial charge in [0.1, 0.15) is 5.82 Å².